The molecule has 6 rings (SSSR count). The Morgan fingerprint density at radius 1 is 0.855 bits per heavy atom. The van der Waals surface area contributed by atoms with Crippen LogP contribution in [0.3, 0.4) is 0 Å². The minimum atomic E-state index is -2.91. The predicted molar refractivity (Wildman–Crippen MR) is 293 cm³/mol. The molecule has 420 valence electrons. The van der Waals surface area contributed by atoms with Crippen LogP contribution in [-0.4, -0.2) is 124 Å². The van der Waals surface area contributed by atoms with Crippen LogP contribution in [-0.2, 0) is 56.5 Å². The molecule has 4 aliphatic rings. The smallest absolute Gasteiger partial charge is 0.338 e. The maximum Gasteiger partial charge on any atom is 0.338 e. The first-order valence-electron chi connectivity index (χ1n) is 27.6. The molecule has 3 fully saturated rings. The first-order chi connectivity index (χ1) is 35.5. The number of unbranched alkanes of at least 4 members (excludes halogenated alkanes) is 2. The molecule has 2 aromatic carbocycles. The van der Waals surface area contributed by atoms with Crippen LogP contribution in [0.4, 0.5) is 0 Å². The minimum absolute atomic E-state index is 0.0980. The molecular weight excluding hydrogens is 1000 g/mol. The van der Waals surface area contributed by atoms with Gasteiger partial charge in [-0.1, -0.05) is 124 Å². The summed E-state index contributed by atoms with van der Waals surface area (Å²) < 4.78 is 47.2. The van der Waals surface area contributed by atoms with Crippen LogP contribution >= 0.6 is 0 Å². The van der Waals surface area contributed by atoms with E-state index in [1.807, 2.05) is 64.2 Å². The van der Waals surface area contributed by atoms with E-state index in [0.29, 0.717) is 35.7 Å². The summed E-state index contributed by atoms with van der Waals surface area (Å²) in [7, 11) is -3.88. The number of fused-ring (bicyclic) bond motifs is 5. The van der Waals surface area contributed by atoms with Crippen molar-refractivity contribution >= 4 is 52.2 Å². The van der Waals surface area contributed by atoms with Crippen LogP contribution in [0.25, 0.3) is 0 Å². The lowest BCUT2D eigenvalue weighted by Gasteiger charge is -2.68. The maximum absolute atomic E-state index is 16.6. The second-order valence-corrected chi connectivity index (χ2v) is 33.6. The molecule has 2 aromatic rings. The van der Waals surface area contributed by atoms with Crippen molar-refractivity contribution in [2.24, 2.45) is 16.7 Å². The Kier molecular flexibility index (Phi) is 18.4. The zero-order chi connectivity index (χ0) is 56.6. The van der Waals surface area contributed by atoms with Crippen LogP contribution in [0.1, 0.15) is 150 Å². The second kappa shape index (κ2) is 23.1. The monoisotopic (exact) mass is 1090 g/mol. The van der Waals surface area contributed by atoms with E-state index in [1.54, 1.807) is 70.0 Å². The van der Waals surface area contributed by atoms with Gasteiger partial charge in [0.1, 0.15) is 23.9 Å². The molecule has 15 nitrogen and oxygen atoms in total. The fourth-order valence-electron chi connectivity index (χ4n) is 12.5. The lowest BCUT2D eigenvalue weighted by molar-refractivity contribution is -0.344. The van der Waals surface area contributed by atoms with Gasteiger partial charge in [0.05, 0.1) is 35.6 Å². The summed E-state index contributed by atoms with van der Waals surface area (Å²) in [5, 5.41) is 14.0. The van der Waals surface area contributed by atoms with Gasteiger partial charge >= 0.3 is 23.9 Å². The van der Waals surface area contributed by atoms with Gasteiger partial charge in [-0.3, -0.25) is 19.2 Å². The molecule has 3 aliphatic carbocycles. The van der Waals surface area contributed by atoms with E-state index in [-0.39, 0.29) is 36.5 Å². The molecule has 2 saturated carbocycles. The molecule has 1 saturated heterocycles. The number of nitrogens with zero attached hydrogens (tertiary/aromatic N) is 1. The lowest BCUT2D eigenvalue weighted by Crippen LogP contribution is -2.82. The summed E-state index contributed by atoms with van der Waals surface area (Å²) >= 11 is 0. The van der Waals surface area contributed by atoms with Gasteiger partial charge in [-0.2, -0.15) is 0 Å². The highest BCUT2D eigenvalue weighted by Crippen LogP contribution is 2.65. The Balaban J connectivity index is 1.66. The normalized spacial score (nSPS) is 29.0. The molecule has 76 heavy (non-hydrogen) atoms. The van der Waals surface area contributed by atoms with Gasteiger partial charge in [0.15, 0.2) is 40.2 Å². The predicted octanol–water partition coefficient (Wildman–Crippen LogP) is 10.4. The molecule has 1 heterocycles. The maximum atomic E-state index is 16.6. The highest BCUT2D eigenvalue weighted by Gasteiger charge is 2.79. The number of carbonyl (C=O) groups is 6. The third-order valence-corrected chi connectivity index (χ3v) is 27.5. The van der Waals surface area contributed by atoms with Crippen molar-refractivity contribution in [2.75, 3.05) is 13.7 Å². The molecular formula is C59H87NO14Si2. The van der Waals surface area contributed by atoms with E-state index in [4.69, 9.17) is 32.5 Å². The van der Waals surface area contributed by atoms with Gasteiger partial charge in [0, 0.05) is 45.6 Å². The van der Waals surface area contributed by atoms with E-state index in [0.717, 1.165) is 12.8 Å². The molecule has 11 atom stereocenters. The van der Waals surface area contributed by atoms with E-state index < -0.39 is 128 Å². The van der Waals surface area contributed by atoms with Crippen molar-refractivity contribution in [2.45, 2.75) is 219 Å². The Labute approximate surface area is 453 Å². The quantitative estimate of drug-likeness (QED) is 0.0433. The molecule has 0 unspecified atom stereocenters. The highest BCUT2D eigenvalue weighted by molar-refractivity contribution is 6.74. The molecule has 0 spiro atoms. The summed E-state index contributed by atoms with van der Waals surface area (Å²) in [4.78, 5) is 90.3. The summed E-state index contributed by atoms with van der Waals surface area (Å²) in [5.74, 6) is -5.37. The van der Waals surface area contributed by atoms with E-state index in [2.05, 4.69) is 27.7 Å². The van der Waals surface area contributed by atoms with Gasteiger partial charge in [-0.25, -0.2) is 9.59 Å². The average Bonchev–Trinajstić information content (AvgIpc) is 3.35. The van der Waals surface area contributed by atoms with E-state index in [9.17, 15) is 24.3 Å². The van der Waals surface area contributed by atoms with Crippen LogP contribution in [0.2, 0.25) is 36.3 Å². The molecule has 1 amide bonds. The van der Waals surface area contributed by atoms with Crippen molar-refractivity contribution in [3.8, 4) is 0 Å². The van der Waals surface area contributed by atoms with Crippen molar-refractivity contribution < 1.29 is 66.4 Å². The summed E-state index contributed by atoms with van der Waals surface area (Å²) in [6.45, 7) is 27.4. The Morgan fingerprint density at radius 2 is 1.45 bits per heavy atom. The number of benzene rings is 2. The number of Topliss-reactive ketones (excluding diaryl/α,β-unsaturated/α-hetero) is 1. The molecule has 0 aromatic heterocycles. The Bertz CT molecular complexity index is 2480. The molecule has 2 bridgehead atoms. The Morgan fingerprint density at radius 3 is 1.96 bits per heavy atom. The number of likely N-dealkylation sites (N-methyl/N-ethyl adjacent to an activating group) is 1. The van der Waals surface area contributed by atoms with Crippen molar-refractivity contribution in [1.29, 1.82) is 0 Å². The third kappa shape index (κ3) is 11.1. The standard InChI is InChI=1S/C59H87NO14Si2/c1-17-21-24-33-45(63)60(14)47(40-29-25-22-26-30-40)49(74-75(15,16)55(8,9)10)54(66)70-42-35-59(67)52(71-53(65)41-31-27-23-28-32-41)50-57(13,51(64)48(69-38(6)61)46(37(42)5)56(59,11)12)43(73-76(18-2,19-3)20-4)34-44-58(50,36-68-44)72-39(7)62/h22-23,25-32,42-44,47-50,52,67H,17-21,24,33-36H2,1-16H3/t42-,43-,44+,47-,48+,49+,50-,52-,57+,58-,59+/m0/s1. The number of ketones is 1. The van der Waals surface area contributed by atoms with E-state index in [1.165, 1.54) is 13.8 Å². The SMILES string of the molecule is CCCCCC(=O)N(C)[C@@H](c1ccccc1)[C@@H](O[Si](C)(C)C(C)(C)C)C(=O)O[C@H]1C[C@@]2(O)[C@@H](OC(=O)c3ccccc3)[C@@H]3[C@]4(OC(C)=O)CO[C@@H]4C[C@H](O[Si](CC)(CC)CC)[C@@]3(C)C(=O)[C@H](OC(C)=O)C(=C1C)C2(C)C. The molecule has 1 N–H and O–H groups in total. The Hall–Kier alpha value is -4.53. The van der Waals surface area contributed by atoms with Crippen LogP contribution in [0.15, 0.2) is 71.8 Å². The molecule has 1 aliphatic heterocycles. The number of amides is 1. The van der Waals surface area contributed by atoms with Crippen molar-refractivity contribution in [1.82, 2.24) is 4.90 Å². The summed E-state index contributed by atoms with van der Waals surface area (Å²) in [6, 6.07) is 18.6. The van der Waals surface area contributed by atoms with Gasteiger partial charge in [-0.15, -0.1) is 0 Å². The van der Waals surface area contributed by atoms with Gasteiger partial charge in [-0.05, 0) is 85.4 Å². The first kappa shape index (κ1) is 60.7. The van der Waals surface area contributed by atoms with Crippen LogP contribution in [0, 0.1) is 16.7 Å². The number of carbonyl (C=O) groups excluding carboxylic acids is 6. The van der Waals surface area contributed by atoms with Crippen LogP contribution in [0.5, 0.6) is 0 Å². The molecule has 0 radical (unpaired) electrons. The van der Waals surface area contributed by atoms with Crippen molar-refractivity contribution in [3.63, 3.8) is 0 Å². The van der Waals surface area contributed by atoms with Crippen LogP contribution < -0.4 is 0 Å². The highest BCUT2D eigenvalue weighted by atomic mass is 28.4. The first-order valence-corrected chi connectivity index (χ1v) is 33.0. The lowest BCUT2D eigenvalue weighted by atomic mass is 9.44. The van der Waals surface area contributed by atoms with Gasteiger partial charge in [0.25, 0.3) is 0 Å². The number of aliphatic hydroxyl groups is 1. The number of esters is 4. The number of hydrogen-bond donors (Lipinski definition) is 1. The minimum Gasteiger partial charge on any atom is -0.456 e. The number of ether oxygens (including phenoxy) is 5. The van der Waals surface area contributed by atoms with Gasteiger partial charge in [0.2, 0.25) is 5.91 Å². The summed E-state index contributed by atoms with van der Waals surface area (Å²) in [6.07, 6.45) is -5.73. The number of hydrogen-bond acceptors (Lipinski definition) is 14. The van der Waals surface area contributed by atoms with E-state index >= 15 is 9.59 Å². The topological polar surface area (TPSA) is 190 Å². The zero-order valence-electron chi connectivity index (χ0n) is 48.2. The largest absolute Gasteiger partial charge is 0.456 e. The molecule has 17 heteroatoms. The fraction of sp³-hybridized carbons (Fsp3) is 0.661. The third-order valence-electron chi connectivity index (χ3n) is 18.4. The number of rotatable bonds is 20. The summed E-state index contributed by atoms with van der Waals surface area (Å²) in [5.41, 5.74) is -6.16. The van der Waals surface area contributed by atoms with Gasteiger partial charge < -0.3 is 42.5 Å². The average molecular weight is 1090 g/mol. The fourth-order valence-corrected chi connectivity index (χ4v) is 16.7. The second-order valence-electron chi connectivity index (χ2n) is 24.1. The zero-order valence-corrected chi connectivity index (χ0v) is 50.2. The van der Waals surface area contributed by atoms with Crippen molar-refractivity contribution in [3.05, 3.63) is 82.9 Å².